The molecular formula is C13H19N5O2. The van der Waals surface area contributed by atoms with Gasteiger partial charge >= 0.3 is 0 Å². The lowest BCUT2D eigenvalue weighted by Gasteiger charge is -2.10. The van der Waals surface area contributed by atoms with Gasteiger partial charge in [0.05, 0.1) is 24.6 Å². The van der Waals surface area contributed by atoms with Gasteiger partial charge in [-0.3, -0.25) is 0 Å². The molecule has 0 amide bonds. The summed E-state index contributed by atoms with van der Waals surface area (Å²) < 4.78 is 5.59. The van der Waals surface area contributed by atoms with Crippen LogP contribution >= 0.6 is 0 Å². The smallest absolute Gasteiger partial charge is 0.247 e. The van der Waals surface area contributed by atoms with Crippen molar-refractivity contribution in [3.8, 4) is 5.88 Å². The van der Waals surface area contributed by atoms with Crippen LogP contribution in [0.3, 0.4) is 0 Å². The minimum atomic E-state index is -0.659. The number of anilines is 1. The van der Waals surface area contributed by atoms with Crippen molar-refractivity contribution in [2.75, 3.05) is 12.3 Å². The number of rotatable bonds is 6. The molecule has 0 radical (unpaired) electrons. The zero-order valence-electron chi connectivity index (χ0n) is 11.7. The molecule has 20 heavy (non-hydrogen) atoms. The fourth-order valence-corrected chi connectivity index (χ4v) is 1.70. The van der Waals surface area contributed by atoms with Crippen molar-refractivity contribution < 1.29 is 9.84 Å². The fourth-order valence-electron chi connectivity index (χ4n) is 1.70. The molecule has 2 heterocycles. The number of aromatic nitrogens is 4. The number of ether oxygens (including phenoxy) is 1. The van der Waals surface area contributed by atoms with Crippen molar-refractivity contribution in [3.63, 3.8) is 0 Å². The number of aliphatic hydroxyl groups excluding tert-OH is 1. The Morgan fingerprint density at radius 1 is 1.30 bits per heavy atom. The van der Waals surface area contributed by atoms with E-state index in [0.717, 1.165) is 12.8 Å². The fraction of sp³-hybridized carbons (Fsp3) is 0.538. The topological polar surface area (TPSA) is 107 Å². The molecule has 0 saturated heterocycles. The first kappa shape index (κ1) is 14.4. The van der Waals surface area contributed by atoms with Crippen molar-refractivity contribution in [2.24, 2.45) is 0 Å². The number of nitrogen functional groups attached to an aromatic ring is 1. The van der Waals surface area contributed by atoms with Crippen molar-refractivity contribution in [1.82, 2.24) is 19.9 Å². The Balaban J connectivity index is 2.42. The van der Waals surface area contributed by atoms with Crippen LogP contribution in [-0.2, 0) is 0 Å². The van der Waals surface area contributed by atoms with Gasteiger partial charge in [0.25, 0.3) is 0 Å². The zero-order chi connectivity index (χ0) is 14.5. The predicted molar refractivity (Wildman–Crippen MR) is 75.2 cm³/mol. The Bertz CT molecular complexity index is 590. The van der Waals surface area contributed by atoms with E-state index >= 15 is 0 Å². The summed E-state index contributed by atoms with van der Waals surface area (Å²) in [6.07, 6.45) is 3.33. The second-order valence-corrected chi connectivity index (χ2v) is 4.48. The highest BCUT2D eigenvalue weighted by Gasteiger charge is 2.14. The Hall–Kier alpha value is -2.02. The first-order valence-electron chi connectivity index (χ1n) is 6.76. The Labute approximate surface area is 117 Å². The van der Waals surface area contributed by atoms with Crippen molar-refractivity contribution >= 4 is 17.1 Å². The van der Waals surface area contributed by atoms with Crippen LogP contribution in [0.1, 0.15) is 44.9 Å². The molecule has 0 aliphatic carbocycles. The van der Waals surface area contributed by atoms with Gasteiger partial charge in [-0.1, -0.05) is 20.3 Å². The Morgan fingerprint density at radius 3 is 2.80 bits per heavy atom. The molecule has 0 fully saturated rings. The minimum Gasteiger partial charge on any atom is -0.476 e. The van der Waals surface area contributed by atoms with Gasteiger partial charge < -0.3 is 15.6 Å². The van der Waals surface area contributed by atoms with Gasteiger partial charge in [-0.25, -0.2) is 9.97 Å². The Kier molecular flexibility index (Phi) is 4.62. The highest BCUT2D eigenvalue weighted by atomic mass is 16.5. The zero-order valence-corrected chi connectivity index (χ0v) is 11.7. The van der Waals surface area contributed by atoms with Crippen molar-refractivity contribution in [2.45, 2.75) is 39.2 Å². The molecular weight excluding hydrogens is 258 g/mol. The van der Waals surface area contributed by atoms with Gasteiger partial charge in [0.15, 0.2) is 11.2 Å². The molecule has 0 aromatic carbocycles. The second-order valence-electron chi connectivity index (χ2n) is 4.48. The maximum atomic E-state index is 9.84. The molecule has 7 nitrogen and oxygen atoms in total. The lowest BCUT2D eigenvalue weighted by molar-refractivity contribution is 0.169. The average molecular weight is 277 g/mol. The van der Waals surface area contributed by atoms with E-state index in [2.05, 4.69) is 26.9 Å². The molecule has 3 N–H and O–H groups in total. The van der Waals surface area contributed by atoms with Crippen LogP contribution in [0.5, 0.6) is 5.88 Å². The third kappa shape index (κ3) is 3.11. The van der Waals surface area contributed by atoms with Crippen molar-refractivity contribution in [1.29, 1.82) is 0 Å². The molecule has 0 aliphatic heterocycles. The van der Waals surface area contributed by atoms with Gasteiger partial charge in [-0.2, -0.15) is 9.97 Å². The molecule has 1 unspecified atom stereocenters. The second kappa shape index (κ2) is 6.42. The lowest BCUT2D eigenvalue weighted by Crippen LogP contribution is -2.07. The van der Waals surface area contributed by atoms with E-state index in [1.807, 2.05) is 6.92 Å². The number of hydrogen-bond donors (Lipinski definition) is 2. The number of aliphatic hydroxyl groups is 1. The SMILES string of the molecule is CCCCOc1nc(N)nc2ncc(C(O)CC)nc12. The molecule has 0 spiro atoms. The largest absolute Gasteiger partial charge is 0.476 e. The molecule has 2 rings (SSSR count). The average Bonchev–Trinajstić information content (AvgIpc) is 2.46. The number of nitrogens with zero attached hydrogens (tertiary/aromatic N) is 4. The van der Waals surface area contributed by atoms with Gasteiger partial charge in [0.2, 0.25) is 11.8 Å². The summed E-state index contributed by atoms with van der Waals surface area (Å²) in [7, 11) is 0. The molecule has 0 bridgehead atoms. The summed E-state index contributed by atoms with van der Waals surface area (Å²) >= 11 is 0. The predicted octanol–water partition coefficient (Wildman–Crippen LogP) is 1.62. The van der Waals surface area contributed by atoms with E-state index in [0.29, 0.717) is 35.8 Å². The summed E-state index contributed by atoms with van der Waals surface area (Å²) in [6, 6.07) is 0. The molecule has 7 heteroatoms. The first-order chi connectivity index (χ1) is 9.65. The van der Waals surface area contributed by atoms with Crippen molar-refractivity contribution in [3.05, 3.63) is 11.9 Å². The molecule has 108 valence electrons. The van der Waals surface area contributed by atoms with E-state index in [9.17, 15) is 5.11 Å². The van der Waals surface area contributed by atoms with Crippen LogP contribution in [0, 0.1) is 0 Å². The third-order valence-electron chi connectivity index (χ3n) is 2.88. The standard InChI is InChI=1S/C13H19N5O2/c1-3-5-6-20-12-10-11(17-13(14)18-12)15-7-8(16-10)9(19)4-2/h7,9,19H,3-6H2,1-2H3,(H2,14,15,17,18). The maximum Gasteiger partial charge on any atom is 0.247 e. The number of unbranched alkanes of at least 4 members (excludes halogenated alkanes) is 1. The van der Waals surface area contributed by atoms with Crippen LogP contribution in [0.15, 0.2) is 6.20 Å². The van der Waals surface area contributed by atoms with E-state index in [1.165, 1.54) is 6.20 Å². The van der Waals surface area contributed by atoms with E-state index in [-0.39, 0.29) is 5.95 Å². The molecule has 0 saturated carbocycles. The van der Waals surface area contributed by atoms with Crippen LogP contribution in [0.25, 0.3) is 11.2 Å². The third-order valence-corrected chi connectivity index (χ3v) is 2.88. The van der Waals surface area contributed by atoms with E-state index < -0.39 is 6.10 Å². The van der Waals surface area contributed by atoms with Gasteiger partial charge in [-0.15, -0.1) is 0 Å². The Morgan fingerprint density at radius 2 is 2.10 bits per heavy atom. The summed E-state index contributed by atoms with van der Waals surface area (Å²) in [5.74, 6) is 0.417. The first-order valence-corrected chi connectivity index (χ1v) is 6.76. The number of hydrogen-bond acceptors (Lipinski definition) is 7. The van der Waals surface area contributed by atoms with Gasteiger partial charge in [-0.05, 0) is 12.8 Å². The molecule has 2 aromatic heterocycles. The number of nitrogens with two attached hydrogens (primary N) is 1. The van der Waals surface area contributed by atoms with E-state index in [4.69, 9.17) is 10.5 Å². The summed E-state index contributed by atoms with van der Waals surface area (Å²) in [6.45, 7) is 4.48. The molecule has 2 aromatic rings. The lowest BCUT2D eigenvalue weighted by atomic mass is 10.2. The van der Waals surface area contributed by atoms with Gasteiger partial charge in [0.1, 0.15) is 0 Å². The summed E-state index contributed by atoms with van der Waals surface area (Å²) in [4.78, 5) is 16.6. The van der Waals surface area contributed by atoms with Crippen LogP contribution in [-0.4, -0.2) is 31.6 Å². The monoisotopic (exact) mass is 277 g/mol. The molecule has 0 aliphatic rings. The molecule has 1 atom stereocenters. The summed E-state index contributed by atoms with van der Waals surface area (Å²) in [5.41, 5.74) is 6.92. The normalized spacial score (nSPS) is 12.6. The van der Waals surface area contributed by atoms with Crippen LogP contribution < -0.4 is 10.5 Å². The summed E-state index contributed by atoms with van der Waals surface area (Å²) in [5, 5.41) is 9.84. The number of fused-ring (bicyclic) bond motifs is 1. The van der Waals surface area contributed by atoms with E-state index in [1.54, 1.807) is 0 Å². The highest BCUT2D eigenvalue weighted by molar-refractivity contribution is 5.76. The quantitative estimate of drug-likeness (QED) is 0.772. The van der Waals surface area contributed by atoms with Crippen LogP contribution in [0.4, 0.5) is 5.95 Å². The van der Waals surface area contributed by atoms with Gasteiger partial charge in [0, 0.05) is 0 Å². The van der Waals surface area contributed by atoms with Crippen LogP contribution in [0.2, 0.25) is 0 Å². The minimum absolute atomic E-state index is 0.0992. The maximum absolute atomic E-state index is 9.84. The highest BCUT2D eigenvalue weighted by Crippen LogP contribution is 2.23.